The predicted molar refractivity (Wildman–Crippen MR) is 142 cm³/mol. The molecule has 18 heteroatoms. The number of fused-ring (bicyclic) bond motifs is 1. The first-order valence-electron chi connectivity index (χ1n) is 12.1. The van der Waals surface area contributed by atoms with Gasteiger partial charge in [-0.15, -0.1) is 11.3 Å². The molecule has 0 bridgehead atoms. The first-order valence-corrected chi connectivity index (χ1v) is 13.0. The molecule has 1 aliphatic rings. The number of thiazole rings is 1. The van der Waals surface area contributed by atoms with Crippen molar-refractivity contribution >= 4 is 34.7 Å². The zero-order valence-electron chi connectivity index (χ0n) is 22.2. The molecule has 0 radical (unpaired) electrons. The van der Waals surface area contributed by atoms with Gasteiger partial charge in [0.1, 0.15) is 10.8 Å². The van der Waals surface area contributed by atoms with Gasteiger partial charge in [0.15, 0.2) is 11.5 Å². The Hall–Kier alpha value is -4.45. The largest absolute Gasteiger partial charge is 0.497 e. The van der Waals surface area contributed by atoms with Crippen molar-refractivity contribution < 1.29 is 50.9 Å². The van der Waals surface area contributed by atoms with Gasteiger partial charge < -0.3 is 19.8 Å². The number of rotatable bonds is 5. The number of aromatic nitrogens is 4. The number of methoxy groups -OCH3 is 1. The van der Waals surface area contributed by atoms with Crippen LogP contribution >= 0.6 is 11.3 Å². The Labute approximate surface area is 243 Å². The standard InChI is InChI=1S/C21H22N6OS.2C2HF3O2/c1-28-17-4-2-3-16(13-17)18-14-24-21-20(23-5-7-27(18)21)26-10-8-25(9-11-26)15-19-22-6-12-29-19;2*3-2(4,5)1(6)7/h2-7,12-14H,8-11,15H2,1H3;2*(H,6,7). The Morgan fingerprint density at radius 1 is 0.953 bits per heavy atom. The summed E-state index contributed by atoms with van der Waals surface area (Å²) in [5.74, 6) is -3.74. The summed E-state index contributed by atoms with van der Waals surface area (Å²) in [6.07, 6.45) is -2.55. The third-order valence-corrected chi connectivity index (χ3v) is 6.54. The quantitative estimate of drug-likeness (QED) is 0.304. The maximum Gasteiger partial charge on any atom is 0.490 e. The molecule has 0 atom stereocenters. The molecule has 232 valence electrons. The normalized spacial score (nSPS) is 13.9. The molecule has 1 aromatic carbocycles. The molecule has 0 aliphatic carbocycles. The molecule has 4 aromatic rings. The van der Waals surface area contributed by atoms with Crippen LogP contribution in [-0.4, -0.2) is 92.0 Å². The van der Waals surface area contributed by atoms with Crippen LogP contribution in [0.5, 0.6) is 5.75 Å². The highest BCUT2D eigenvalue weighted by atomic mass is 32.1. The van der Waals surface area contributed by atoms with Crippen LogP contribution in [0.15, 0.2) is 54.4 Å². The second-order valence-electron chi connectivity index (χ2n) is 8.61. The van der Waals surface area contributed by atoms with Gasteiger partial charge in [-0.2, -0.15) is 26.3 Å². The van der Waals surface area contributed by atoms with Crippen LogP contribution in [0.4, 0.5) is 32.2 Å². The summed E-state index contributed by atoms with van der Waals surface area (Å²) in [6, 6.07) is 8.05. The fraction of sp³-hybridized carbons (Fsp3) is 0.320. The van der Waals surface area contributed by atoms with Crippen LogP contribution in [-0.2, 0) is 16.1 Å². The summed E-state index contributed by atoms with van der Waals surface area (Å²) in [7, 11) is 1.68. The van der Waals surface area contributed by atoms with Crippen molar-refractivity contribution in [2.75, 3.05) is 38.2 Å². The second kappa shape index (κ2) is 14.1. The Balaban J connectivity index is 0.000000303. The highest BCUT2D eigenvalue weighted by Gasteiger charge is 2.38. The molecular weight excluding hydrogens is 610 g/mol. The number of halogens is 6. The zero-order valence-corrected chi connectivity index (χ0v) is 23.0. The molecule has 4 heterocycles. The van der Waals surface area contributed by atoms with Gasteiger partial charge in [0.2, 0.25) is 0 Å². The summed E-state index contributed by atoms with van der Waals surface area (Å²) < 4.78 is 71.0. The molecular formula is C25H24F6N6O5S. The molecule has 11 nitrogen and oxygen atoms in total. The molecule has 0 spiro atoms. The molecule has 0 saturated carbocycles. The van der Waals surface area contributed by atoms with E-state index in [0.717, 1.165) is 61.2 Å². The summed E-state index contributed by atoms with van der Waals surface area (Å²) in [6.45, 7) is 4.77. The van der Waals surface area contributed by atoms with E-state index in [1.807, 2.05) is 48.4 Å². The minimum atomic E-state index is -5.08. The molecule has 1 aliphatic heterocycles. The maximum atomic E-state index is 10.6. The number of alkyl halides is 6. The number of anilines is 1. The fourth-order valence-electron chi connectivity index (χ4n) is 3.76. The Morgan fingerprint density at radius 3 is 2.12 bits per heavy atom. The molecule has 0 unspecified atom stereocenters. The molecule has 1 fully saturated rings. The van der Waals surface area contributed by atoms with E-state index in [-0.39, 0.29) is 0 Å². The van der Waals surface area contributed by atoms with E-state index in [9.17, 15) is 26.3 Å². The Morgan fingerprint density at radius 2 is 1.58 bits per heavy atom. The van der Waals surface area contributed by atoms with Gasteiger partial charge in [0, 0.05) is 55.7 Å². The first-order chi connectivity index (χ1) is 20.2. The van der Waals surface area contributed by atoms with E-state index in [0.29, 0.717) is 0 Å². The van der Waals surface area contributed by atoms with E-state index < -0.39 is 24.3 Å². The van der Waals surface area contributed by atoms with Crippen molar-refractivity contribution in [3.8, 4) is 17.0 Å². The van der Waals surface area contributed by atoms with Gasteiger partial charge in [-0.05, 0) is 12.1 Å². The monoisotopic (exact) mass is 634 g/mol. The number of aliphatic carboxylic acids is 2. The van der Waals surface area contributed by atoms with Gasteiger partial charge in [0.25, 0.3) is 0 Å². The topological polar surface area (TPSA) is 133 Å². The van der Waals surface area contributed by atoms with Crippen molar-refractivity contribution in [2.45, 2.75) is 18.9 Å². The molecule has 5 rings (SSSR count). The number of hydrogen-bond donors (Lipinski definition) is 2. The summed E-state index contributed by atoms with van der Waals surface area (Å²) in [5, 5.41) is 17.5. The van der Waals surface area contributed by atoms with E-state index >= 15 is 0 Å². The van der Waals surface area contributed by atoms with Crippen LogP contribution in [0.2, 0.25) is 0 Å². The maximum absolute atomic E-state index is 10.6. The third-order valence-electron chi connectivity index (χ3n) is 5.77. The minimum Gasteiger partial charge on any atom is -0.497 e. The van der Waals surface area contributed by atoms with Crippen LogP contribution in [0.3, 0.4) is 0 Å². The highest BCUT2D eigenvalue weighted by Crippen LogP contribution is 2.28. The molecule has 3 aromatic heterocycles. The van der Waals surface area contributed by atoms with Crippen molar-refractivity contribution in [1.29, 1.82) is 0 Å². The number of piperazine rings is 1. The van der Waals surface area contributed by atoms with Gasteiger partial charge in [0.05, 0.1) is 25.5 Å². The molecule has 43 heavy (non-hydrogen) atoms. The van der Waals surface area contributed by atoms with Crippen molar-refractivity contribution in [1.82, 2.24) is 24.3 Å². The molecule has 1 saturated heterocycles. The van der Waals surface area contributed by atoms with E-state index in [2.05, 4.69) is 30.2 Å². The lowest BCUT2D eigenvalue weighted by atomic mass is 10.1. The van der Waals surface area contributed by atoms with Gasteiger partial charge in [-0.25, -0.2) is 24.5 Å². The lowest BCUT2D eigenvalue weighted by Crippen LogP contribution is -2.46. The number of ether oxygens (including phenoxy) is 1. The van der Waals surface area contributed by atoms with Crippen LogP contribution in [0, 0.1) is 0 Å². The fourth-order valence-corrected chi connectivity index (χ4v) is 4.42. The van der Waals surface area contributed by atoms with E-state index in [4.69, 9.17) is 29.5 Å². The summed E-state index contributed by atoms with van der Waals surface area (Å²) in [4.78, 5) is 36.3. The molecule has 2 N–H and O–H groups in total. The first kappa shape index (κ1) is 33.1. The van der Waals surface area contributed by atoms with Crippen molar-refractivity contribution in [3.63, 3.8) is 0 Å². The van der Waals surface area contributed by atoms with Gasteiger partial charge in [-0.1, -0.05) is 12.1 Å². The second-order valence-corrected chi connectivity index (χ2v) is 9.59. The lowest BCUT2D eigenvalue weighted by molar-refractivity contribution is -0.193. The van der Waals surface area contributed by atoms with Crippen molar-refractivity contribution in [2.24, 2.45) is 0 Å². The minimum absolute atomic E-state index is 0.836. The summed E-state index contributed by atoms with van der Waals surface area (Å²) >= 11 is 1.72. The number of benzene rings is 1. The summed E-state index contributed by atoms with van der Waals surface area (Å²) in [5.41, 5.74) is 2.99. The Bertz CT molecular complexity index is 1480. The number of carboxylic acid groups (broad SMARTS) is 2. The van der Waals surface area contributed by atoms with E-state index in [1.54, 1.807) is 18.4 Å². The number of carbonyl (C=O) groups is 2. The predicted octanol–water partition coefficient (Wildman–Crippen LogP) is 4.45. The van der Waals surface area contributed by atoms with Gasteiger partial charge in [-0.3, -0.25) is 9.30 Å². The lowest BCUT2D eigenvalue weighted by Gasteiger charge is -2.34. The zero-order chi connectivity index (χ0) is 31.8. The highest BCUT2D eigenvalue weighted by molar-refractivity contribution is 7.09. The SMILES string of the molecule is COc1cccc(-c2cnc3c(N4CCN(Cc5nccs5)CC4)nccn23)c1.O=C(O)C(F)(F)F.O=C(O)C(F)(F)F. The van der Waals surface area contributed by atoms with Crippen molar-refractivity contribution in [3.05, 3.63) is 59.4 Å². The smallest absolute Gasteiger partial charge is 0.490 e. The Kier molecular flexibility index (Phi) is 10.9. The average molecular weight is 635 g/mol. The van der Waals surface area contributed by atoms with E-state index in [1.165, 1.54) is 5.01 Å². The third kappa shape index (κ3) is 9.27. The number of imidazole rings is 1. The number of nitrogens with zero attached hydrogens (tertiary/aromatic N) is 6. The molecule has 0 amide bonds. The number of hydrogen-bond acceptors (Lipinski definition) is 9. The average Bonchev–Trinajstić information content (AvgIpc) is 3.63. The van der Waals surface area contributed by atoms with Gasteiger partial charge >= 0.3 is 24.3 Å². The van der Waals surface area contributed by atoms with Crippen LogP contribution in [0.1, 0.15) is 5.01 Å². The van der Waals surface area contributed by atoms with Crippen LogP contribution in [0.25, 0.3) is 16.9 Å². The number of carboxylic acids is 2. The van der Waals surface area contributed by atoms with Crippen LogP contribution < -0.4 is 9.64 Å².